The Hall–Kier alpha value is -2.51. The number of carbonyl (C=O) groups excluding carboxylic acids is 1. The van der Waals surface area contributed by atoms with Crippen molar-refractivity contribution in [2.75, 3.05) is 0 Å². The predicted molar refractivity (Wildman–Crippen MR) is 93.5 cm³/mol. The van der Waals surface area contributed by atoms with Crippen molar-refractivity contribution in [3.05, 3.63) is 58.4 Å². The second-order valence-corrected chi connectivity index (χ2v) is 6.71. The van der Waals surface area contributed by atoms with Crippen LogP contribution in [0.1, 0.15) is 28.5 Å². The molecule has 1 atom stereocenters. The maximum atomic E-state index is 12.5. The zero-order valence-electron chi connectivity index (χ0n) is 12.6. The molecule has 0 fully saturated rings. The molecule has 1 aromatic carbocycles. The lowest BCUT2D eigenvalue weighted by Gasteiger charge is -2.09. The number of benzene rings is 1. The summed E-state index contributed by atoms with van der Waals surface area (Å²) in [6.07, 6.45) is 3.30. The average molecular weight is 358 g/mol. The molecule has 4 rings (SSSR count). The minimum absolute atomic E-state index is 0.156. The first-order valence-electron chi connectivity index (χ1n) is 7.28. The van der Waals surface area contributed by atoms with Crippen LogP contribution in [0.2, 0.25) is 5.02 Å². The van der Waals surface area contributed by atoms with E-state index in [4.69, 9.17) is 11.6 Å². The Balaban J connectivity index is 1.61. The van der Waals surface area contributed by atoms with Gasteiger partial charge in [-0.2, -0.15) is 5.10 Å². The molecule has 0 saturated heterocycles. The average Bonchev–Trinajstić information content (AvgIpc) is 3.17. The number of rotatable bonds is 3. The number of nitrogens with one attached hydrogen (secondary N) is 1. The number of halogens is 1. The van der Waals surface area contributed by atoms with E-state index in [0.29, 0.717) is 5.65 Å². The molecule has 1 amide bonds. The molecule has 8 heteroatoms. The highest BCUT2D eigenvalue weighted by atomic mass is 35.5. The van der Waals surface area contributed by atoms with Gasteiger partial charge in [0.1, 0.15) is 10.0 Å². The van der Waals surface area contributed by atoms with Crippen molar-refractivity contribution < 1.29 is 4.79 Å². The molecule has 1 N–H and O–H groups in total. The van der Waals surface area contributed by atoms with Gasteiger partial charge in [-0.15, -0.1) is 11.3 Å². The standard InChI is InChI=1S/C16H12ClN5OS/c1-9(16-20-10-5-2-3-6-11(10)24-16)19-15(23)13-12(17)14-18-7-4-8-22(14)21-13/h2-9H,1H3,(H,19,23)/t9-/m0/s1. The summed E-state index contributed by atoms with van der Waals surface area (Å²) in [5, 5.41) is 8.17. The second-order valence-electron chi connectivity index (χ2n) is 5.27. The van der Waals surface area contributed by atoms with Crippen molar-refractivity contribution in [3.63, 3.8) is 0 Å². The summed E-state index contributed by atoms with van der Waals surface area (Å²) in [7, 11) is 0. The van der Waals surface area contributed by atoms with Gasteiger partial charge in [-0.25, -0.2) is 14.5 Å². The van der Waals surface area contributed by atoms with Crippen molar-refractivity contribution in [2.24, 2.45) is 0 Å². The van der Waals surface area contributed by atoms with E-state index in [1.54, 1.807) is 29.8 Å². The third-order valence-corrected chi connectivity index (χ3v) is 5.15. The van der Waals surface area contributed by atoms with Gasteiger partial charge in [0.25, 0.3) is 5.91 Å². The third-order valence-electron chi connectivity index (χ3n) is 3.58. The summed E-state index contributed by atoms with van der Waals surface area (Å²) < 4.78 is 2.57. The lowest BCUT2D eigenvalue weighted by molar-refractivity contribution is 0.0934. The van der Waals surface area contributed by atoms with Gasteiger partial charge in [0, 0.05) is 12.4 Å². The molecule has 120 valence electrons. The molecular formula is C16H12ClN5OS. The summed E-state index contributed by atoms with van der Waals surface area (Å²) >= 11 is 7.78. The first-order chi connectivity index (χ1) is 11.6. The number of thiazole rings is 1. The summed E-state index contributed by atoms with van der Waals surface area (Å²) in [6, 6.07) is 9.35. The summed E-state index contributed by atoms with van der Waals surface area (Å²) in [4.78, 5) is 21.2. The van der Waals surface area contributed by atoms with E-state index in [1.807, 2.05) is 31.2 Å². The number of nitrogens with zero attached hydrogens (tertiary/aromatic N) is 4. The van der Waals surface area contributed by atoms with Crippen molar-refractivity contribution in [3.8, 4) is 0 Å². The molecule has 3 aromatic heterocycles. The Morgan fingerprint density at radius 3 is 2.96 bits per heavy atom. The number of amides is 1. The Labute approximate surface area is 146 Å². The molecule has 3 heterocycles. The lowest BCUT2D eigenvalue weighted by Crippen LogP contribution is -2.27. The van der Waals surface area contributed by atoms with Crippen LogP contribution in [-0.4, -0.2) is 25.5 Å². The Kier molecular flexibility index (Phi) is 3.66. The summed E-state index contributed by atoms with van der Waals surface area (Å²) in [5.74, 6) is -0.350. The molecule has 0 saturated carbocycles. The van der Waals surface area contributed by atoms with E-state index in [-0.39, 0.29) is 22.7 Å². The van der Waals surface area contributed by atoms with Crippen molar-refractivity contribution in [1.29, 1.82) is 0 Å². The van der Waals surface area contributed by atoms with Gasteiger partial charge in [-0.05, 0) is 25.1 Å². The Bertz CT molecular complexity index is 1020. The fourth-order valence-corrected chi connectivity index (χ4v) is 3.63. The number of hydrogen-bond donors (Lipinski definition) is 1. The molecule has 0 bridgehead atoms. The molecule has 0 aliphatic rings. The zero-order valence-corrected chi connectivity index (χ0v) is 14.2. The van der Waals surface area contributed by atoms with Gasteiger partial charge in [0.2, 0.25) is 0 Å². The number of carbonyl (C=O) groups is 1. The number of hydrogen-bond acceptors (Lipinski definition) is 5. The van der Waals surface area contributed by atoms with E-state index in [0.717, 1.165) is 15.2 Å². The van der Waals surface area contributed by atoms with Gasteiger partial charge in [-0.1, -0.05) is 23.7 Å². The van der Waals surface area contributed by atoms with Crippen LogP contribution in [0.5, 0.6) is 0 Å². The van der Waals surface area contributed by atoms with Crippen LogP contribution in [0.3, 0.4) is 0 Å². The normalized spacial score (nSPS) is 12.6. The summed E-state index contributed by atoms with van der Waals surface area (Å²) in [5.41, 5.74) is 1.54. The molecule has 0 spiro atoms. The lowest BCUT2D eigenvalue weighted by atomic mass is 10.3. The molecular weight excluding hydrogens is 346 g/mol. The first-order valence-corrected chi connectivity index (χ1v) is 8.48. The second kappa shape index (κ2) is 5.85. The molecule has 0 radical (unpaired) electrons. The number of para-hydroxylation sites is 1. The quantitative estimate of drug-likeness (QED) is 0.609. The highest BCUT2D eigenvalue weighted by Gasteiger charge is 2.21. The fraction of sp³-hybridized carbons (Fsp3) is 0.125. The monoisotopic (exact) mass is 357 g/mol. The highest BCUT2D eigenvalue weighted by molar-refractivity contribution is 7.18. The van der Waals surface area contributed by atoms with Crippen LogP contribution in [0.4, 0.5) is 0 Å². The number of fused-ring (bicyclic) bond motifs is 2. The Morgan fingerprint density at radius 2 is 2.17 bits per heavy atom. The molecule has 4 aromatic rings. The molecule has 0 aliphatic heterocycles. The topological polar surface area (TPSA) is 72.2 Å². The van der Waals surface area contributed by atoms with Crippen molar-refractivity contribution in [1.82, 2.24) is 24.9 Å². The van der Waals surface area contributed by atoms with Crippen LogP contribution >= 0.6 is 22.9 Å². The van der Waals surface area contributed by atoms with E-state index < -0.39 is 0 Å². The molecule has 24 heavy (non-hydrogen) atoms. The van der Waals surface area contributed by atoms with Crippen molar-refractivity contribution in [2.45, 2.75) is 13.0 Å². The van der Waals surface area contributed by atoms with Crippen LogP contribution in [0.15, 0.2) is 42.7 Å². The Morgan fingerprint density at radius 1 is 1.33 bits per heavy atom. The van der Waals surface area contributed by atoms with Gasteiger partial charge in [0.05, 0.1) is 16.3 Å². The van der Waals surface area contributed by atoms with Crippen molar-refractivity contribution >= 4 is 44.7 Å². The maximum Gasteiger partial charge on any atom is 0.274 e. The predicted octanol–water partition coefficient (Wildman–Crippen LogP) is 3.48. The zero-order chi connectivity index (χ0) is 16.7. The van der Waals surface area contributed by atoms with Gasteiger partial charge >= 0.3 is 0 Å². The van der Waals surface area contributed by atoms with Gasteiger partial charge in [-0.3, -0.25) is 4.79 Å². The molecule has 0 unspecified atom stereocenters. The fourth-order valence-electron chi connectivity index (χ4n) is 2.41. The van der Waals surface area contributed by atoms with Crippen LogP contribution in [-0.2, 0) is 0 Å². The minimum atomic E-state index is -0.350. The van der Waals surface area contributed by atoms with Gasteiger partial charge in [0.15, 0.2) is 11.3 Å². The van der Waals surface area contributed by atoms with E-state index in [9.17, 15) is 4.79 Å². The SMILES string of the molecule is C[C@H](NC(=O)c1nn2cccnc2c1Cl)c1nc2ccccc2s1. The van der Waals surface area contributed by atoms with E-state index >= 15 is 0 Å². The van der Waals surface area contributed by atoms with E-state index in [1.165, 1.54) is 4.52 Å². The third kappa shape index (κ3) is 2.51. The highest BCUT2D eigenvalue weighted by Crippen LogP contribution is 2.27. The first kappa shape index (κ1) is 15.0. The van der Waals surface area contributed by atoms with Crippen LogP contribution in [0.25, 0.3) is 15.9 Å². The molecule has 6 nitrogen and oxygen atoms in total. The largest absolute Gasteiger partial charge is 0.342 e. The molecule has 0 aliphatic carbocycles. The van der Waals surface area contributed by atoms with Crippen LogP contribution < -0.4 is 5.32 Å². The smallest absolute Gasteiger partial charge is 0.274 e. The van der Waals surface area contributed by atoms with Crippen LogP contribution in [0, 0.1) is 0 Å². The van der Waals surface area contributed by atoms with E-state index in [2.05, 4.69) is 20.4 Å². The van der Waals surface area contributed by atoms with Gasteiger partial charge < -0.3 is 5.32 Å². The summed E-state index contributed by atoms with van der Waals surface area (Å²) in [6.45, 7) is 1.89. The number of aromatic nitrogens is 4. The maximum absolute atomic E-state index is 12.5. The minimum Gasteiger partial charge on any atom is -0.342 e.